The molecule has 100 valence electrons. The lowest BCUT2D eigenvalue weighted by Gasteiger charge is -2.34. The van der Waals surface area contributed by atoms with Crippen LogP contribution >= 0.6 is 11.3 Å². The standard InChI is InChI=1S/C15H19N3S/c1-11-17-9-15(19-11)14(8-16)18-7-6-12-4-2-3-5-13(12)10-18/h2-5,9,14H,6-8,10,16H2,1H3. The molecule has 2 aromatic rings. The maximum atomic E-state index is 6.00. The van der Waals surface area contributed by atoms with E-state index in [2.05, 4.69) is 34.1 Å². The van der Waals surface area contributed by atoms with E-state index in [0.717, 1.165) is 24.5 Å². The zero-order valence-electron chi connectivity index (χ0n) is 11.2. The number of rotatable bonds is 3. The Labute approximate surface area is 118 Å². The van der Waals surface area contributed by atoms with Gasteiger partial charge in [-0.3, -0.25) is 4.90 Å². The van der Waals surface area contributed by atoms with E-state index in [-0.39, 0.29) is 0 Å². The lowest BCUT2D eigenvalue weighted by molar-refractivity contribution is 0.186. The van der Waals surface area contributed by atoms with Crippen LogP contribution in [-0.2, 0) is 13.0 Å². The number of aryl methyl sites for hydroxylation is 1. The number of hydrogen-bond donors (Lipinski definition) is 1. The second-order valence-electron chi connectivity index (χ2n) is 5.02. The van der Waals surface area contributed by atoms with Crippen LogP contribution in [0, 0.1) is 6.92 Å². The number of benzene rings is 1. The molecule has 1 aromatic carbocycles. The molecule has 4 heteroatoms. The van der Waals surface area contributed by atoms with Gasteiger partial charge in [-0.2, -0.15) is 0 Å². The number of fused-ring (bicyclic) bond motifs is 1. The number of nitrogens with two attached hydrogens (primary N) is 1. The Hall–Kier alpha value is -1.23. The molecule has 19 heavy (non-hydrogen) atoms. The van der Waals surface area contributed by atoms with E-state index in [4.69, 9.17) is 5.73 Å². The normalized spacial score (nSPS) is 17.2. The highest BCUT2D eigenvalue weighted by Gasteiger charge is 2.24. The Morgan fingerprint density at radius 3 is 2.84 bits per heavy atom. The van der Waals surface area contributed by atoms with Crippen LogP contribution in [0.15, 0.2) is 30.5 Å². The first-order valence-electron chi connectivity index (χ1n) is 6.71. The molecule has 1 aliphatic rings. The Kier molecular flexibility index (Phi) is 3.64. The zero-order chi connectivity index (χ0) is 13.2. The number of thiazole rings is 1. The van der Waals surface area contributed by atoms with Crippen LogP contribution in [0.5, 0.6) is 0 Å². The van der Waals surface area contributed by atoms with Crippen molar-refractivity contribution in [2.45, 2.75) is 25.9 Å². The minimum atomic E-state index is 0.305. The Balaban J connectivity index is 1.83. The number of hydrogen-bond acceptors (Lipinski definition) is 4. The second-order valence-corrected chi connectivity index (χ2v) is 6.29. The van der Waals surface area contributed by atoms with Crippen molar-refractivity contribution >= 4 is 11.3 Å². The number of nitrogens with zero attached hydrogens (tertiary/aromatic N) is 2. The molecule has 1 unspecified atom stereocenters. The first-order chi connectivity index (χ1) is 9.28. The first kappa shape index (κ1) is 12.8. The molecule has 0 spiro atoms. The van der Waals surface area contributed by atoms with Crippen molar-refractivity contribution in [3.63, 3.8) is 0 Å². The van der Waals surface area contributed by atoms with Gasteiger partial charge >= 0.3 is 0 Å². The summed E-state index contributed by atoms with van der Waals surface area (Å²) in [4.78, 5) is 8.13. The molecule has 1 aliphatic heterocycles. The fraction of sp³-hybridized carbons (Fsp3) is 0.400. The van der Waals surface area contributed by atoms with E-state index in [0.29, 0.717) is 12.6 Å². The van der Waals surface area contributed by atoms with Crippen molar-refractivity contribution in [2.75, 3.05) is 13.1 Å². The molecule has 1 atom stereocenters. The number of aromatic nitrogens is 1. The van der Waals surface area contributed by atoms with Gasteiger partial charge in [0.05, 0.1) is 11.0 Å². The van der Waals surface area contributed by atoms with E-state index >= 15 is 0 Å². The molecule has 3 rings (SSSR count). The van der Waals surface area contributed by atoms with Gasteiger partial charge in [-0.15, -0.1) is 11.3 Å². The summed E-state index contributed by atoms with van der Waals surface area (Å²) in [6.45, 7) is 4.78. The molecule has 0 radical (unpaired) electrons. The van der Waals surface area contributed by atoms with Crippen molar-refractivity contribution in [1.82, 2.24) is 9.88 Å². The van der Waals surface area contributed by atoms with Crippen molar-refractivity contribution in [3.8, 4) is 0 Å². The first-order valence-corrected chi connectivity index (χ1v) is 7.53. The van der Waals surface area contributed by atoms with Crippen LogP contribution in [0.4, 0.5) is 0 Å². The summed E-state index contributed by atoms with van der Waals surface area (Å²) in [6, 6.07) is 9.02. The van der Waals surface area contributed by atoms with Gasteiger partial charge in [0.25, 0.3) is 0 Å². The molecule has 2 N–H and O–H groups in total. The van der Waals surface area contributed by atoms with Crippen molar-refractivity contribution < 1.29 is 0 Å². The van der Waals surface area contributed by atoms with Gasteiger partial charge in [0, 0.05) is 30.7 Å². The molecule has 1 aromatic heterocycles. The highest BCUT2D eigenvalue weighted by Crippen LogP contribution is 2.29. The van der Waals surface area contributed by atoms with Crippen LogP contribution in [0.25, 0.3) is 0 Å². The molecule has 0 fully saturated rings. The second kappa shape index (κ2) is 5.41. The summed E-state index contributed by atoms with van der Waals surface area (Å²) >= 11 is 1.76. The predicted octanol–water partition coefficient (Wildman–Crippen LogP) is 2.51. The molecule has 0 bridgehead atoms. The maximum Gasteiger partial charge on any atom is 0.0897 e. The van der Waals surface area contributed by atoms with Crippen LogP contribution < -0.4 is 5.73 Å². The van der Waals surface area contributed by atoms with E-state index in [1.165, 1.54) is 16.0 Å². The summed E-state index contributed by atoms with van der Waals surface area (Å²) in [5, 5.41) is 1.12. The maximum absolute atomic E-state index is 6.00. The minimum Gasteiger partial charge on any atom is -0.329 e. The third-order valence-corrected chi connectivity index (χ3v) is 4.81. The molecular formula is C15H19N3S. The van der Waals surface area contributed by atoms with E-state index in [9.17, 15) is 0 Å². The highest BCUT2D eigenvalue weighted by molar-refractivity contribution is 7.11. The SMILES string of the molecule is Cc1ncc(C(CN)N2CCc3ccccc3C2)s1. The van der Waals surface area contributed by atoms with Crippen LogP contribution in [0.1, 0.15) is 27.1 Å². The molecule has 0 aliphatic carbocycles. The van der Waals surface area contributed by atoms with Crippen LogP contribution in [0.3, 0.4) is 0 Å². The van der Waals surface area contributed by atoms with Gasteiger partial charge in [0.15, 0.2) is 0 Å². The summed E-state index contributed by atoms with van der Waals surface area (Å²) in [5.74, 6) is 0. The summed E-state index contributed by atoms with van der Waals surface area (Å²) in [6.07, 6.45) is 3.10. The van der Waals surface area contributed by atoms with Crippen molar-refractivity contribution in [3.05, 3.63) is 51.5 Å². The molecule has 3 nitrogen and oxygen atoms in total. The van der Waals surface area contributed by atoms with E-state index in [1.54, 1.807) is 11.3 Å². The summed E-state index contributed by atoms with van der Waals surface area (Å²) < 4.78 is 0. The Bertz CT molecular complexity index is 564. The van der Waals surface area contributed by atoms with Crippen molar-refractivity contribution in [1.29, 1.82) is 0 Å². The molecule has 0 amide bonds. The quantitative estimate of drug-likeness (QED) is 0.934. The fourth-order valence-electron chi connectivity index (χ4n) is 2.76. The lowest BCUT2D eigenvalue weighted by Crippen LogP contribution is -2.37. The van der Waals surface area contributed by atoms with Gasteiger partial charge < -0.3 is 5.73 Å². The topological polar surface area (TPSA) is 42.1 Å². The average Bonchev–Trinajstić information content (AvgIpc) is 2.86. The Morgan fingerprint density at radius 1 is 1.37 bits per heavy atom. The average molecular weight is 273 g/mol. The predicted molar refractivity (Wildman–Crippen MR) is 79.2 cm³/mol. The smallest absolute Gasteiger partial charge is 0.0897 e. The van der Waals surface area contributed by atoms with Gasteiger partial charge in [0.1, 0.15) is 0 Å². The van der Waals surface area contributed by atoms with Gasteiger partial charge in [0.2, 0.25) is 0 Å². The molecular weight excluding hydrogens is 254 g/mol. The molecule has 0 saturated heterocycles. The minimum absolute atomic E-state index is 0.305. The van der Waals surface area contributed by atoms with Gasteiger partial charge in [-0.1, -0.05) is 24.3 Å². The van der Waals surface area contributed by atoms with E-state index < -0.39 is 0 Å². The zero-order valence-corrected chi connectivity index (χ0v) is 12.0. The molecule has 2 heterocycles. The van der Waals surface area contributed by atoms with Gasteiger partial charge in [-0.25, -0.2) is 4.98 Å². The summed E-state index contributed by atoms with van der Waals surface area (Å²) in [7, 11) is 0. The van der Waals surface area contributed by atoms with Gasteiger partial charge in [-0.05, 0) is 24.5 Å². The summed E-state index contributed by atoms with van der Waals surface area (Å²) in [5.41, 5.74) is 8.92. The third kappa shape index (κ3) is 2.56. The van der Waals surface area contributed by atoms with Crippen LogP contribution in [0.2, 0.25) is 0 Å². The lowest BCUT2D eigenvalue weighted by atomic mass is 9.98. The molecule has 0 saturated carbocycles. The Morgan fingerprint density at radius 2 is 2.16 bits per heavy atom. The van der Waals surface area contributed by atoms with Crippen molar-refractivity contribution in [2.24, 2.45) is 5.73 Å². The monoisotopic (exact) mass is 273 g/mol. The van der Waals surface area contributed by atoms with E-state index in [1.807, 2.05) is 13.1 Å². The van der Waals surface area contributed by atoms with Crippen LogP contribution in [-0.4, -0.2) is 23.0 Å². The highest BCUT2D eigenvalue weighted by atomic mass is 32.1. The largest absolute Gasteiger partial charge is 0.329 e. The fourth-order valence-corrected chi connectivity index (χ4v) is 3.69. The third-order valence-electron chi connectivity index (χ3n) is 3.79.